The van der Waals surface area contributed by atoms with Gasteiger partial charge >= 0.3 is 5.97 Å². The second-order valence-corrected chi connectivity index (χ2v) is 4.93. The lowest BCUT2D eigenvalue weighted by atomic mass is 9.95. The molecule has 0 fully saturated rings. The molecule has 0 unspecified atom stereocenters. The number of rotatable bonds is 2. The van der Waals surface area contributed by atoms with Crippen molar-refractivity contribution in [3.8, 4) is 5.75 Å². The summed E-state index contributed by atoms with van der Waals surface area (Å²) in [6.07, 6.45) is 0. The third-order valence-electron chi connectivity index (χ3n) is 2.35. The molecule has 0 radical (unpaired) electrons. The van der Waals surface area contributed by atoms with Crippen molar-refractivity contribution in [1.82, 2.24) is 0 Å². The number of hydrogen-bond donors (Lipinski definition) is 2. The zero-order chi connectivity index (χ0) is 13.9. The fourth-order valence-electron chi connectivity index (χ4n) is 1.19. The summed E-state index contributed by atoms with van der Waals surface area (Å²) >= 11 is 0. The minimum atomic E-state index is -0.562. The van der Waals surface area contributed by atoms with Crippen molar-refractivity contribution in [2.75, 3.05) is 12.4 Å². The van der Waals surface area contributed by atoms with Crippen molar-refractivity contribution in [3.05, 3.63) is 23.8 Å². The molecule has 1 aromatic carbocycles. The standard InChI is InChI=1S/C13H17NO4/c1-13(2,3)12(17)14-9-6-5-8(7-10(9)15)11(16)18-4/h5-7,15H,1-4H3,(H,14,17). The van der Waals surface area contributed by atoms with E-state index in [9.17, 15) is 14.7 Å². The number of methoxy groups -OCH3 is 1. The Morgan fingerprint density at radius 1 is 1.28 bits per heavy atom. The van der Waals surface area contributed by atoms with Gasteiger partial charge in [-0.3, -0.25) is 4.79 Å². The summed E-state index contributed by atoms with van der Waals surface area (Å²) in [5.74, 6) is -0.932. The fourth-order valence-corrected chi connectivity index (χ4v) is 1.19. The number of amides is 1. The van der Waals surface area contributed by atoms with Crippen LogP contribution in [0.5, 0.6) is 5.75 Å². The highest BCUT2D eigenvalue weighted by Crippen LogP contribution is 2.26. The number of carbonyl (C=O) groups excluding carboxylic acids is 2. The second kappa shape index (κ2) is 5.08. The summed E-state index contributed by atoms with van der Waals surface area (Å²) in [7, 11) is 1.26. The van der Waals surface area contributed by atoms with Crippen LogP contribution in [-0.4, -0.2) is 24.1 Å². The molecule has 0 heterocycles. The Morgan fingerprint density at radius 2 is 1.89 bits per heavy atom. The Balaban J connectivity index is 2.94. The van der Waals surface area contributed by atoms with E-state index in [4.69, 9.17) is 0 Å². The molecule has 18 heavy (non-hydrogen) atoms. The van der Waals surface area contributed by atoms with Gasteiger partial charge in [0.1, 0.15) is 5.75 Å². The Hall–Kier alpha value is -2.04. The summed E-state index contributed by atoms with van der Waals surface area (Å²) in [5.41, 5.74) is -0.0701. The largest absolute Gasteiger partial charge is 0.506 e. The summed E-state index contributed by atoms with van der Waals surface area (Å²) in [6, 6.07) is 4.19. The number of ether oxygens (including phenoxy) is 1. The van der Waals surface area contributed by atoms with Crippen LogP contribution in [0.25, 0.3) is 0 Å². The number of hydrogen-bond acceptors (Lipinski definition) is 4. The Bertz CT molecular complexity index is 474. The lowest BCUT2D eigenvalue weighted by molar-refractivity contribution is -0.123. The lowest BCUT2D eigenvalue weighted by Crippen LogP contribution is -2.27. The summed E-state index contributed by atoms with van der Waals surface area (Å²) in [6.45, 7) is 5.30. The van der Waals surface area contributed by atoms with Gasteiger partial charge in [0, 0.05) is 5.41 Å². The number of benzene rings is 1. The molecule has 2 N–H and O–H groups in total. The SMILES string of the molecule is COC(=O)c1ccc(NC(=O)C(C)(C)C)c(O)c1. The van der Waals surface area contributed by atoms with Gasteiger partial charge in [-0.2, -0.15) is 0 Å². The Labute approximate surface area is 106 Å². The van der Waals surface area contributed by atoms with Crippen LogP contribution in [0.3, 0.4) is 0 Å². The summed E-state index contributed by atoms with van der Waals surface area (Å²) < 4.78 is 4.53. The highest BCUT2D eigenvalue weighted by molar-refractivity contribution is 5.97. The number of aromatic hydroxyl groups is 1. The molecule has 0 saturated carbocycles. The van der Waals surface area contributed by atoms with Crippen molar-refractivity contribution in [3.63, 3.8) is 0 Å². The van der Waals surface area contributed by atoms with Gasteiger partial charge in [-0.1, -0.05) is 20.8 Å². The number of esters is 1. The van der Waals surface area contributed by atoms with E-state index < -0.39 is 11.4 Å². The minimum Gasteiger partial charge on any atom is -0.506 e. The maximum Gasteiger partial charge on any atom is 0.337 e. The number of nitrogens with one attached hydrogen (secondary N) is 1. The molecule has 0 saturated heterocycles. The van der Waals surface area contributed by atoms with Crippen molar-refractivity contribution in [1.29, 1.82) is 0 Å². The predicted molar refractivity (Wildman–Crippen MR) is 67.5 cm³/mol. The third kappa shape index (κ3) is 3.23. The molecule has 5 heteroatoms. The number of phenolic OH excluding ortho intramolecular Hbond substituents is 1. The molecule has 1 rings (SSSR count). The predicted octanol–water partition coefficient (Wildman–Crippen LogP) is 2.16. The van der Waals surface area contributed by atoms with Crippen LogP contribution in [0.1, 0.15) is 31.1 Å². The molecule has 0 aliphatic carbocycles. The van der Waals surface area contributed by atoms with Crippen LogP contribution in [0.4, 0.5) is 5.69 Å². The Morgan fingerprint density at radius 3 is 2.33 bits per heavy atom. The van der Waals surface area contributed by atoms with Crippen LogP contribution in [0.15, 0.2) is 18.2 Å². The van der Waals surface area contributed by atoms with Crippen molar-refractivity contribution < 1.29 is 19.4 Å². The maximum absolute atomic E-state index is 11.7. The van der Waals surface area contributed by atoms with Gasteiger partial charge in [-0.15, -0.1) is 0 Å². The fraction of sp³-hybridized carbons (Fsp3) is 0.385. The molecule has 0 spiro atoms. The van der Waals surface area contributed by atoms with Gasteiger partial charge in [0.15, 0.2) is 0 Å². The minimum absolute atomic E-state index is 0.171. The monoisotopic (exact) mass is 251 g/mol. The molecule has 0 bridgehead atoms. The van der Waals surface area contributed by atoms with Crippen LogP contribution < -0.4 is 5.32 Å². The van der Waals surface area contributed by atoms with Crippen LogP contribution in [0, 0.1) is 5.41 Å². The first kappa shape index (κ1) is 14.0. The molecular weight excluding hydrogens is 234 g/mol. The van der Waals surface area contributed by atoms with Gasteiger partial charge in [0.2, 0.25) is 5.91 Å². The zero-order valence-corrected chi connectivity index (χ0v) is 10.9. The van der Waals surface area contributed by atoms with Gasteiger partial charge in [0.05, 0.1) is 18.4 Å². The molecule has 0 aromatic heterocycles. The molecule has 0 aliphatic heterocycles. The van der Waals surface area contributed by atoms with Crippen molar-refractivity contribution in [2.24, 2.45) is 5.41 Å². The average Bonchev–Trinajstić information content (AvgIpc) is 2.29. The molecule has 0 atom stereocenters. The normalized spacial score (nSPS) is 10.9. The smallest absolute Gasteiger partial charge is 0.337 e. The molecular formula is C13H17NO4. The van der Waals surface area contributed by atoms with Gasteiger partial charge in [-0.05, 0) is 18.2 Å². The Kier molecular flexibility index (Phi) is 3.96. The van der Waals surface area contributed by atoms with E-state index in [-0.39, 0.29) is 22.9 Å². The van der Waals surface area contributed by atoms with Crippen LogP contribution >= 0.6 is 0 Å². The van der Waals surface area contributed by atoms with Crippen LogP contribution in [0.2, 0.25) is 0 Å². The maximum atomic E-state index is 11.7. The summed E-state index contributed by atoms with van der Waals surface area (Å²) in [4.78, 5) is 23.0. The third-order valence-corrected chi connectivity index (χ3v) is 2.35. The molecule has 0 aliphatic rings. The first-order valence-corrected chi connectivity index (χ1v) is 5.48. The molecule has 5 nitrogen and oxygen atoms in total. The van der Waals surface area contributed by atoms with E-state index in [1.807, 2.05) is 0 Å². The van der Waals surface area contributed by atoms with Crippen LogP contribution in [-0.2, 0) is 9.53 Å². The topological polar surface area (TPSA) is 75.6 Å². The molecule has 98 valence electrons. The van der Waals surface area contributed by atoms with E-state index in [0.29, 0.717) is 0 Å². The van der Waals surface area contributed by atoms with Gasteiger partial charge in [0.25, 0.3) is 0 Å². The average molecular weight is 251 g/mol. The second-order valence-electron chi connectivity index (χ2n) is 4.93. The quantitative estimate of drug-likeness (QED) is 0.624. The van der Waals surface area contributed by atoms with E-state index in [1.165, 1.54) is 25.3 Å². The first-order chi connectivity index (χ1) is 8.25. The van der Waals surface area contributed by atoms with Crippen molar-refractivity contribution in [2.45, 2.75) is 20.8 Å². The molecule has 1 amide bonds. The van der Waals surface area contributed by atoms with E-state index in [0.717, 1.165) is 0 Å². The summed E-state index contributed by atoms with van der Waals surface area (Å²) in [5, 5.41) is 12.3. The lowest BCUT2D eigenvalue weighted by Gasteiger charge is -2.18. The zero-order valence-electron chi connectivity index (χ0n) is 10.9. The highest BCUT2D eigenvalue weighted by Gasteiger charge is 2.22. The van der Waals surface area contributed by atoms with Gasteiger partial charge < -0.3 is 15.2 Å². The van der Waals surface area contributed by atoms with E-state index >= 15 is 0 Å². The number of phenols is 1. The van der Waals surface area contributed by atoms with Crippen molar-refractivity contribution >= 4 is 17.6 Å². The van der Waals surface area contributed by atoms with E-state index in [1.54, 1.807) is 20.8 Å². The number of carbonyl (C=O) groups is 2. The van der Waals surface area contributed by atoms with E-state index in [2.05, 4.69) is 10.1 Å². The highest BCUT2D eigenvalue weighted by atomic mass is 16.5. The van der Waals surface area contributed by atoms with Gasteiger partial charge in [-0.25, -0.2) is 4.79 Å². The first-order valence-electron chi connectivity index (χ1n) is 5.48. The molecule has 1 aromatic rings. The number of anilines is 1.